The molecule has 6 nitrogen and oxygen atoms in total. The van der Waals surface area contributed by atoms with Crippen LogP contribution in [-0.4, -0.2) is 42.9 Å². The first kappa shape index (κ1) is 27.5. The zero-order chi connectivity index (χ0) is 27.9. The van der Waals surface area contributed by atoms with Crippen molar-refractivity contribution in [1.29, 1.82) is 0 Å². The van der Waals surface area contributed by atoms with Crippen LogP contribution >= 0.6 is 0 Å². The van der Waals surface area contributed by atoms with Crippen LogP contribution in [0.15, 0.2) is 121 Å². The van der Waals surface area contributed by atoms with Crippen LogP contribution in [0, 0.1) is 0 Å². The van der Waals surface area contributed by atoms with Gasteiger partial charge in [0, 0.05) is 17.5 Å². The maximum atomic E-state index is 13.4. The zero-order valence-corrected chi connectivity index (χ0v) is 22.8. The molecule has 2 aliphatic rings. The molecule has 2 saturated heterocycles. The van der Waals surface area contributed by atoms with Gasteiger partial charge in [0.25, 0.3) is 0 Å². The molecule has 210 valence electrons. The minimum Gasteiger partial charge on any atom is -0.368 e. The van der Waals surface area contributed by atoms with Crippen molar-refractivity contribution in [2.45, 2.75) is 56.4 Å². The molecule has 0 spiro atoms. The molecule has 0 amide bonds. The van der Waals surface area contributed by atoms with Gasteiger partial charge in [-0.1, -0.05) is 121 Å². The third kappa shape index (κ3) is 6.81. The van der Waals surface area contributed by atoms with Crippen LogP contribution in [0.1, 0.15) is 39.8 Å². The molecule has 0 aromatic heterocycles. The monoisotopic (exact) mass is 550 g/mol. The summed E-state index contributed by atoms with van der Waals surface area (Å²) in [4.78, 5) is 13.4. The molecule has 0 radical (unpaired) electrons. The number of carbonyl (C=O) groups is 1. The van der Waals surface area contributed by atoms with E-state index >= 15 is 0 Å². The highest BCUT2D eigenvalue weighted by Crippen LogP contribution is 2.38. The first-order valence-electron chi connectivity index (χ1n) is 14.1. The number of ketones is 1. The molecule has 1 unspecified atom stereocenters. The second-order valence-electron chi connectivity index (χ2n) is 10.4. The van der Waals surface area contributed by atoms with Gasteiger partial charge in [-0.3, -0.25) is 4.79 Å². The normalized spacial score (nSPS) is 25.8. The van der Waals surface area contributed by atoms with Crippen molar-refractivity contribution < 1.29 is 28.5 Å². The van der Waals surface area contributed by atoms with E-state index in [-0.39, 0.29) is 12.2 Å². The third-order valence-corrected chi connectivity index (χ3v) is 7.55. The third-order valence-electron chi connectivity index (χ3n) is 7.55. The number of fused-ring (bicyclic) bond motifs is 1. The summed E-state index contributed by atoms with van der Waals surface area (Å²) < 4.78 is 32.5. The summed E-state index contributed by atoms with van der Waals surface area (Å²) in [5.74, 6) is -0.0102. The fourth-order valence-corrected chi connectivity index (χ4v) is 5.45. The number of rotatable bonds is 10. The van der Waals surface area contributed by atoms with E-state index in [1.54, 1.807) is 0 Å². The van der Waals surface area contributed by atoms with E-state index in [1.807, 2.05) is 121 Å². The van der Waals surface area contributed by atoms with E-state index < -0.39 is 36.8 Å². The van der Waals surface area contributed by atoms with Gasteiger partial charge in [-0.15, -0.1) is 0 Å². The van der Waals surface area contributed by atoms with Crippen LogP contribution < -0.4 is 0 Å². The molecule has 4 aromatic carbocycles. The fraction of sp³-hybridized carbons (Fsp3) is 0.286. The lowest BCUT2D eigenvalue weighted by molar-refractivity contribution is -0.339. The molecule has 2 heterocycles. The Labute approximate surface area is 240 Å². The van der Waals surface area contributed by atoms with Gasteiger partial charge in [0.05, 0.1) is 25.9 Å². The van der Waals surface area contributed by atoms with Crippen LogP contribution in [0.5, 0.6) is 0 Å². The first-order chi connectivity index (χ1) is 20.2. The summed E-state index contributed by atoms with van der Waals surface area (Å²) in [6, 6.07) is 39.2. The van der Waals surface area contributed by atoms with E-state index in [2.05, 4.69) is 0 Å². The standard InChI is InChI=1S/C35H34O6/c36-29(27-17-9-3-10-18-27)21-30-32(37-22-25-13-5-1-6-14-25)34(38-23-26-15-7-2-8-16-26)33-31(40-30)24-39-35(41-33)28-19-11-4-12-20-28/h1-20,30-35H,21-24H2/t30-,31+,32+,33+,34+,35?/m0/s1. The molecule has 2 aliphatic heterocycles. The minimum absolute atomic E-state index is 0.0102. The molecule has 6 atom stereocenters. The van der Waals surface area contributed by atoms with Crippen molar-refractivity contribution in [2.24, 2.45) is 0 Å². The summed E-state index contributed by atoms with van der Waals surface area (Å²) >= 11 is 0. The van der Waals surface area contributed by atoms with Crippen molar-refractivity contribution in [3.63, 3.8) is 0 Å². The maximum absolute atomic E-state index is 13.4. The Hall–Kier alpha value is -3.65. The average Bonchev–Trinajstić information content (AvgIpc) is 3.04. The number of ether oxygens (including phenoxy) is 5. The highest BCUT2D eigenvalue weighted by molar-refractivity contribution is 5.96. The van der Waals surface area contributed by atoms with Gasteiger partial charge in [-0.25, -0.2) is 0 Å². The van der Waals surface area contributed by atoms with Gasteiger partial charge in [0.2, 0.25) is 0 Å². The molecule has 0 N–H and O–H groups in total. The summed E-state index contributed by atoms with van der Waals surface area (Å²) in [6.45, 7) is 1.04. The van der Waals surface area contributed by atoms with Crippen molar-refractivity contribution >= 4 is 5.78 Å². The molecule has 6 rings (SSSR count). The maximum Gasteiger partial charge on any atom is 0.184 e. The smallest absolute Gasteiger partial charge is 0.184 e. The molecule has 41 heavy (non-hydrogen) atoms. The number of benzene rings is 4. The lowest BCUT2D eigenvalue weighted by Gasteiger charge is -2.49. The van der Waals surface area contributed by atoms with Gasteiger partial charge in [0.15, 0.2) is 12.1 Å². The molecule has 0 aliphatic carbocycles. The van der Waals surface area contributed by atoms with Crippen LogP contribution in [-0.2, 0) is 36.9 Å². The van der Waals surface area contributed by atoms with Gasteiger partial charge >= 0.3 is 0 Å². The van der Waals surface area contributed by atoms with Crippen molar-refractivity contribution in [3.8, 4) is 0 Å². The largest absolute Gasteiger partial charge is 0.368 e. The van der Waals surface area contributed by atoms with Crippen LogP contribution in [0.4, 0.5) is 0 Å². The number of carbonyl (C=O) groups excluding carboxylic acids is 1. The SMILES string of the molecule is O=C(C[C@@H]1O[C@@H]2COC(c3ccccc3)O[C@H]2[C@H](OCc2ccccc2)[C@@H]1OCc1ccccc1)c1ccccc1. The Morgan fingerprint density at radius 3 is 1.80 bits per heavy atom. The predicted octanol–water partition coefficient (Wildman–Crippen LogP) is 6.31. The van der Waals surface area contributed by atoms with Crippen molar-refractivity contribution in [1.82, 2.24) is 0 Å². The lowest BCUT2D eigenvalue weighted by Crippen LogP contribution is -2.63. The second kappa shape index (κ2) is 13.3. The lowest BCUT2D eigenvalue weighted by atomic mass is 9.90. The molecular weight excluding hydrogens is 516 g/mol. The molecule has 2 fully saturated rings. The Kier molecular flexibility index (Phi) is 8.95. The summed E-state index contributed by atoms with van der Waals surface area (Å²) in [7, 11) is 0. The van der Waals surface area contributed by atoms with Crippen molar-refractivity contribution in [3.05, 3.63) is 144 Å². The highest BCUT2D eigenvalue weighted by Gasteiger charge is 2.51. The Morgan fingerprint density at radius 1 is 0.659 bits per heavy atom. The van der Waals surface area contributed by atoms with Gasteiger partial charge < -0.3 is 23.7 Å². The van der Waals surface area contributed by atoms with Crippen LogP contribution in [0.3, 0.4) is 0 Å². The summed E-state index contributed by atoms with van der Waals surface area (Å²) in [5, 5.41) is 0. The zero-order valence-electron chi connectivity index (χ0n) is 22.8. The fourth-order valence-electron chi connectivity index (χ4n) is 5.45. The van der Waals surface area contributed by atoms with Gasteiger partial charge in [-0.2, -0.15) is 0 Å². The number of hydrogen-bond donors (Lipinski definition) is 0. The van der Waals surface area contributed by atoms with E-state index in [0.29, 0.717) is 25.4 Å². The average molecular weight is 551 g/mol. The number of Topliss-reactive ketones (excluding diaryl/α,β-unsaturated/α-hetero) is 1. The Morgan fingerprint density at radius 2 is 1.20 bits per heavy atom. The molecule has 4 aromatic rings. The predicted molar refractivity (Wildman–Crippen MR) is 154 cm³/mol. The molecule has 0 saturated carbocycles. The quantitative estimate of drug-likeness (QED) is 0.216. The summed E-state index contributed by atoms with van der Waals surface area (Å²) in [5.41, 5.74) is 3.64. The second-order valence-corrected chi connectivity index (χ2v) is 10.4. The minimum atomic E-state index is -0.554. The van der Waals surface area contributed by atoms with Gasteiger partial charge in [-0.05, 0) is 11.1 Å². The molecule has 0 bridgehead atoms. The van der Waals surface area contributed by atoms with Crippen molar-refractivity contribution in [2.75, 3.05) is 6.61 Å². The molecular formula is C35H34O6. The van der Waals surface area contributed by atoms with Gasteiger partial charge in [0.1, 0.15) is 24.4 Å². The Bertz CT molecular complexity index is 1370. The van der Waals surface area contributed by atoms with E-state index in [4.69, 9.17) is 23.7 Å². The first-order valence-corrected chi connectivity index (χ1v) is 14.1. The number of hydrogen-bond acceptors (Lipinski definition) is 6. The van der Waals surface area contributed by atoms with Crippen LogP contribution in [0.2, 0.25) is 0 Å². The topological polar surface area (TPSA) is 63.2 Å². The van der Waals surface area contributed by atoms with E-state index in [9.17, 15) is 4.79 Å². The Balaban J connectivity index is 1.30. The van der Waals surface area contributed by atoms with E-state index in [0.717, 1.165) is 16.7 Å². The highest BCUT2D eigenvalue weighted by atomic mass is 16.7. The van der Waals surface area contributed by atoms with E-state index in [1.165, 1.54) is 0 Å². The molecule has 6 heteroatoms. The summed E-state index contributed by atoms with van der Waals surface area (Å²) in [6.07, 6.45) is -2.87. The van der Waals surface area contributed by atoms with Crippen LogP contribution in [0.25, 0.3) is 0 Å².